The normalized spacial score (nSPS) is 17.5. The number of nitrogens with one attached hydrogen (secondary N) is 1. The van der Waals surface area contributed by atoms with Crippen LogP contribution in [-0.4, -0.2) is 50.7 Å². The van der Waals surface area contributed by atoms with Crippen LogP contribution in [0, 0.1) is 0 Å². The van der Waals surface area contributed by atoms with Crippen molar-refractivity contribution in [1.82, 2.24) is 0 Å². The zero-order valence-electron chi connectivity index (χ0n) is 12.7. The summed E-state index contributed by atoms with van der Waals surface area (Å²) in [6.07, 6.45) is 1.57. The second kappa shape index (κ2) is 7.86. The number of nitrogens with two attached hydrogens (primary N) is 1. The molecule has 1 heterocycles. The Morgan fingerprint density at radius 1 is 1.55 bits per heavy atom. The number of amides is 1. The Kier molecular flexibility index (Phi) is 5.85. The molecule has 0 aromatic heterocycles. The Morgan fingerprint density at radius 3 is 3.09 bits per heavy atom. The van der Waals surface area contributed by atoms with E-state index in [1.807, 2.05) is 12.1 Å². The second-order valence-electron chi connectivity index (χ2n) is 5.18. The summed E-state index contributed by atoms with van der Waals surface area (Å²) in [6, 6.07) is 5.81. The van der Waals surface area contributed by atoms with Crippen molar-refractivity contribution < 1.29 is 19.4 Å². The smallest absolute Gasteiger partial charge is 0.411 e. The van der Waals surface area contributed by atoms with Crippen LogP contribution in [0.25, 0.3) is 0 Å². The number of aliphatic hydroxyl groups is 1. The van der Waals surface area contributed by atoms with Crippen molar-refractivity contribution in [3.63, 3.8) is 0 Å². The zero-order chi connectivity index (χ0) is 15.9. The standard InChI is InChI=1S/C15H23N3O4/c1-21-15(20)17-14-9-11(4-5-13(14)16)18-6-2-3-12(18)10-22-8-7-19/h4-5,9,12,19H,2-3,6-8,10,16H2,1H3,(H,17,20). The van der Waals surface area contributed by atoms with E-state index in [1.165, 1.54) is 7.11 Å². The lowest BCUT2D eigenvalue weighted by Crippen LogP contribution is -2.33. The third kappa shape index (κ3) is 4.02. The lowest BCUT2D eigenvalue weighted by atomic mass is 10.2. The Bertz CT molecular complexity index is 510. The first-order chi connectivity index (χ1) is 10.7. The summed E-state index contributed by atoms with van der Waals surface area (Å²) < 4.78 is 10.0. The first kappa shape index (κ1) is 16.4. The molecule has 1 unspecified atom stereocenters. The van der Waals surface area contributed by atoms with Gasteiger partial charge < -0.3 is 25.2 Å². The molecule has 0 saturated carbocycles. The lowest BCUT2D eigenvalue weighted by molar-refractivity contribution is 0.0837. The van der Waals surface area contributed by atoms with E-state index in [0.717, 1.165) is 25.1 Å². The van der Waals surface area contributed by atoms with Gasteiger partial charge in [0.05, 0.1) is 44.3 Å². The molecule has 1 amide bonds. The molecule has 0 radical (unpaired) electrons. The molecule has 1 aromatic carbocycles. The number of nitrogen functional groups attached to an aromatic ring is 1. The number of benzene rings is 1. The van der Waals surface area contributed by atoms with Crippen LogP contribution >= 0.6 is 0 Å². The van der Waals surface area contributed by atoms with Gasteiger partial charge >= 0.3 is 6.09 Å². The van der Waals surface area contributed by atoms with E-state index in [-0.39, 0.29) is 12.6 Å². The maximum Gasteiger partial charge on any atom is 0.411 e. The van der Waals surface area contributed by atoms with Gasteiger partial charge in [0.25, 0.3) is 0 Å². The molecular formula is C15H23N3O4. The first-order valence-electron chi connectivity index (χ1n) is 7.35. The van der Waals surface area contributed by atoms with Gasteiger partial charge in [-0.05, 0) is 31.0 Å². The highest BCUT2D eigenvalue weighted by Crippen LogP contribution is 2.30. The summed E-state index contributed by atoms with van der Waals surface area (Å²) in [6.45, 7) is 1.88. The van der Waals surface area contributed by atoms with Gasteiger partial charge in [-0.3, -0.25) is 5.32 Å². The summed E-state index contributed by atoms with van der Waals surface area (Å²) in [4.78, 5) is 13.6. The van der Waals surface area contributed by atoms with E-state index in [9.17, 15) is 4.79 Å². The number of rotatable bonds is 6. The van der Waals surface area contributed by atoms with E-state index < -0.39 is 6.09 Å². The van der Waals surface area contributed by atoms with Gasteiger partial charge in [-0.15, -0.1) is 0 Å². The Hall–Kier alpha value is -1.99. The average molecular weight is 309 g/mol. The van der Waals surface area contributed by atoms with Gasteiger partial charge in [-0.1, -0.05) is 0 Å². The van der Waals surface area contributed by atoms with Crippen molar-refractivity contribution in [1.29, 1.82) is 0 Å². The molecule has 22 heavy (non-hydrogen) atoms. The molecule has 1 aromatic rings. The lowest BCUT2D eigenvalue weighted by Gasteiger charge is -2.27. The van der Waals surface area contributed by atoms with E-state index in [2.05, 4.69) is 15.0 Å². The molecule has 2 rings (SSSR count). The molecule has 1 aliphatic heterocycles. The first-order valence-corrected chi connectivity index (χ1v) is 7.35. The van der Waals surface area contributed by atoms with E-state index >= 15 is 0 Å². The van der Waals surface area contributed by atoms with Crippen LogP contribution in [-0.2, 0) is 9.47 Å². The van der Waals surface area contributed by atoms with Crippen LogP contribution in [0.4, 0.5) is 21.9 Å². The van der Waals surface area contributed by atoms with E-state index in [4.69, 9.17) is 15.6 Å². The van der Waals surface area contributed by atoms with Gasteiger partial charge in [0, 0.05) is 12.2 Å². The Balaban J connectivity index is 2.10. The molecule has 1 aliphatic rings. The SMILES string of the molecule is COC(=O)Nc1cc(N2CCCC2COCCO)ccc1N. The fourth-order valence-corrected chi connectivity index (χ4v) is 2.62. The van der Waals surface area contributed by atoms with Crippen molar-refractivity contribution in [3.8, 4) is 0 Å². The molecule has 122 valence electrons. The molecule has 0 bridgehead atoms. The number of aliphatic hydroxyl groups excluding tert-OH is 1. The average Bonchev–Trinajstić information content (AvgIpc) is 2.98. The summed E-state index contributed by atoms with van der Waals surface area (Å²) >= 11 is 0. The zero-order valence-corrected chi connectivity index (χ0v) is 12.7. The minimum absolute atomic E-state index is 0.0296. The molecule has 1 atom stereocenters. The topological polar surface area (TPSA) is 97.0 Å². The minimum Gasteiger partial charge on any atom is -0.453 e. The number of hydrogen-bond donors (Lipinski definition) is 3. The maximum atomic E-state index is 11.4. The summed E-state index contributed by atoms with van der Waals surface area (Å²) in [5, 5.41) is 11.4. The molecule has 0 aliphatic carbocycles. The number of hydrogen-bond acceptors (Lipinski definition) is 6. The van der Waals surface area contributed by atoms with E-state index in [0.29, 0.717) is 24.6 Å². The minimum atomic E-state index is -0.548. The van der Waals surface area contributed by atoms with Gasteiger partial charge in [0.2, 0.25) is 0 Å². The summed E-state index contributed by atoms with van der Waals surface area (Å²) in [5.41, 5.74) is 7.89. The van der Waals surface area contributed by atoms with Crippen LogP contribution in [0.2, 0.25) is 0 Å². The van der Waals surface area contributed by atoms with Crippen LogP contribution in [0.5, 0.6) is 0 Å². The molecule has 1 saturated heterocycles. The van der Waals surface area contributed by atoms with Crippen molar-refractivity contribution in [2.24, 2.45) is 0 Å². The largest absolute Gasteiger partial charge is 0.453 e. The molecule has 7 heteroatoms. The van der Waals surface area contributed by atoms with Crippen LogP contribution < -0.4 is 16.0 Å². The third-order valence-electron chi connectivity index (χ3n) is 3.71. The number of carbonyl (C=O) groups is 1. The van der Waals surface area contributed by atoms with Gasteiger partial charge in [0.1, 0.15) is 0 Å². The quantitative estimate of drug-likeness (QED) is 0.543. The number of carbonyl (C=O) groups excluding carboxylic acids is 1. The van der Waals surface area contributed by atoms with Gasteiger partial charge in [-0.2, -0.15) is 0 Å². The van der Waals surface area contributed by atoms with Gasteiger partial charge in [0.15, 0.2) is 0 Å². The van der Waals surface area contributed by atoms with Crippen LogP contribution in [0.15, 0.2) is 18.2 Å². The maximum absolute atomic E-state index is 11.4. The number of nitrogens with zero attached hydrogens (tertiary/aromatic N) is 1. The van der Waals surface area contributed by atoms with E-state index in [1.54, 1.807) is 6.07 Å². The molecular weight excluding hydrogens is 286 g/mol. The molecule has 4 N–H and O–H groups in total. The van der Waals surface area contributed by atoms with Crippen molar-refractivity contribution >= 4 is 23.2 Å². The van der Waals surface area contributed by atoms with Gasteiger partial charge in [-0.25, -0.2) is 4.79 Å². The molecule has 1 fully saturated rings. The van der Waals surface area contributed by atoms with Crippen LogP contribution in [0.1, 0.15) is 12.8 Å². The second-order valence-corrected chi connectivity index (χ2v) is 5.18. The summed E-state index contributed by atoms with van der Waals surface area (Å²) in [7, 11) is 1.31. The molecule has 7 nitrogen and oxygen atoms in total. The van der Waals surface area contributed by atoms with Crippen molar-refractivity contribution in [3.05, 3.63) is 18.2 Å². The summed E-state index contributed by atoms with van der Waals surface area (Å²) in [5.74, 6) is 0. The monoisotopic (exact) mass is 309 g/mol. The predicted octanol–water partition coefficient (Wildman–Crippen LogP) is 1.42. The van der Waals surface area contributed by atoms with Crippen molar-refractivity contribution in [2.75, 3.05) is 49.4 Å². The third-order valence-corrected chi connectivity index (χ3v) is 3.71. The Labute approximate surface area is 130 Å². The van der Waals surface area contributed by atoms with Crippen molar-refractivity contribution in [2.45, 2.75) is 18.9 Å². The molecule has 0 spiro atoms. The fourth-order valence-electron chi connectivity index (χ4n) is 2.62. The number of methoxy groups -OCH3 is 1. The highest BCUT2D eigenvalue weighted by Gasteiger charge is 2.25. The highest BCUT2D eigenvalue weighted by atomic mass is 16.5. The highest BCUT2D eigenvalue weighted by molar-refractivity contribution is 5.90. The predicted molar refractivity (Wildman–Crippen MR) is 85.2 cm³/mol. The van der Waals surface area contributed by atoms with Crippen LogP contribution in [0.3, 0.4) is 0 Å². The number of ether oxygens (including phenoxy) is 2. The number of anilines is 3. The fraction of sp³-hybridized carbons (Fsp3) is 0.533. The Morgan fingerprint density at radius 2 is 2.36 bits per heavy atom.